The maximum absolute atomic E-state index is 9.73. The van der Waals surface area contributed by atoms with Crippen molar-refractivity contribution in [2.75, 3.05) is 0 Å². The number of hydrogen-bond donors (Lipinski definition) is 1. The molecule has 0 saturated carbocycles. The average molecular weight is 342 g/mol. The van der Waals surface area contributed by atoms with E-state index in [1.807, 2.05) is 42.5 Å². The van der Waals surface area contributed by atoms with Crippen molar-refractivity contribution >= 4 is 27.5 Å². The third-order valence-corrected chi connectivity index (χ3v) is 3.63. The van der Waals surface area contributed by atoms with E-state index < -0.39 is 6.10 Å². The molecule has 2 aromatic carbocycles. The molecule has 0 unspecified atom stereocenters. The van der Waals surface area contributed by atoms with Crippen molar-refractivity contribution in [3.8, 4) is 5.75 Å². The maximum Gasteiger partial charge on any atom is 0.126 e. The lowest BCUT2D eigenvalue weighted by atomic mass is 10.1. The first-order chi connectivity index (χ1) is 9.08. The molecule has 2 aromatic rings. The van der Waals surface area contributed by atoms with Crippen LogP contribution in [0.2, 0.25) is 5.02 Å². The lowest BCUT2D eigenvalue weighted by Gasteiger charge is -2.14. The number of aliphatic hydroxyl groups excluding tert-OH is 1. The van der Waals surface area contributed by atoms with Crippen molar-refractivity contribution in [2.24, 2.45) is 0 Å². The molecular weight excluding hydrogens is 328 g/mol. The highest BCUT2D eigenvalue weighted by Crippen LogP contribution is 2.29. The second kappa shape index (κ2) is 6.42. The third-order valence-electron chi connectivity index (χ3n) is 2.77. The van der Waals surface area contributed by atoms with Gasteiger partial charge in [0, 0.05) is 20.6 Å². The average Bonchev–Trinajstić information content (AvgIpc) is 2.37. The summed E-state index contributed by atoms with van der Waals surface area (Å²) in [6.45, 7) is 2.08. The van der Waals surface area contributed by atoms with Gasteiger partial charge in [0.2, 0.25) is 0 Å². The minimum absolute atomic E-state index is 0.371. The molecule has 0 amide bonds. The number of benzene rings is 2. The fourth-order valence-electron chi connectivity index (χ4n) is 1.75. The molecule has 0 aliphatic rings. The first kappa shape index (κ1) is 14.4. The van der Waals surface area contributed by atoms with Crippen LogP contribution in [0.25, 0.3) is 0 Å². The van der Waals surface area contributed by atoms with Gasteiger partial charge < -0.3 is 9.84 Å². The lowest BCUT2D eigenvalue weighted by Crippen LogP contribution is -2.01. The van der Waals surface area contributed by atoms with E-state index in [0.29, 0.717) is 17.4 Å². The van der Waals surface area contributed by atoms with Crippen LogP contribution in [0.4, 0.5) is 0 Å². The lowest BCUT2D eigenvalue weighted by molar-refractivity contribution is 0.190. The Bertz CT molecular complexity index is 570. The minimum atomic E-state index is -0.575. The Kier molecular flexibility index (Phi) is 4.86. The predicted molar refractivity (Wildman–Crippen MR) is 80.6 cm³/mol. The van der Waals surface area contributed by atoms with Crippen LogP contribution < -0.4 is 4.74 Å². The molecule has 4 heteroatoms. The molecule has 2 rings (SSSR count). The summed E-state index contributed by atoms with van der Waals surface area (Å²) in [4.78, 5) is 0. The van der Waals surface area contributed by atoms with Crippen LogP contribution in [-0.4, -0.2) is 5.11 Å². The van der Waals surface area contributed by atoms with Crippen LogP contribution in [0.1, 0.15) is 24.2 Å². The van der Waals surface area contributed by atoms with Crippen LogP contribution in [0.15, 0.2) is 46.9 Å². The van der Waals surface area contributed by atoms with E-state index in [1.165, 1.54) is 0 Å². The molecule has 1 N–H and O–H groups in total. The molecule has 0 aliphatic carbocycles. The second-order valence-corrected chi connectivity index (χ2v) is 5.56. The van der Waals surface area contributed by atoms with E-state index in [0.717, 1.165) is 15.6 Å². The van der Waals surface area contributed by atoms with E-state index in [9.17, 15) is 5.11 Å². The van der Waals surface area contributed by atoms with Crippen molar-refractivity contribution in [2.45, 2.75) is 19.6 Å². The predicted octanol–water partition coefficient (Wildman–Crippen LogP) is 4.73. The summed E-state index contributed by atoms with van der Waals surface area (Å²) in [7, 11) is 0. The topological polar surface area (TPSA) is 29.5 Å². The summed E-state index contributed by atoms with van der Waals surface area (Å²) in [6, 6.07) is 13.1. The fourth-order valence-corrected chi connectivity index (χ4v) is 2.28. The van der Waals surface area contributed by atoms with E-state index in [1.54, 1.807) is 6.92 Å². The highest BCUT2D eigenvalue weighted by atomic mass is 79.9. The number of ether oxygens (including phenoxy) is 1. The highest BCUT2D eigenvalue weighted by Gasteiger charge is 2.10. The molecule has 0 spiro atoms. The van der Waals surface area contributed by atoms with Crippen LogP contribution in [0, 0.1) is 0 Å². The number of rotatable bonds is 4. The summed E-state index contributed by atoms with van der Waals surface area (Å²) in [6.07, 6.45) is -0.575. The molecular formula is C15H14BrClO2. The van der Waals surface area contributed by atoms with E-state index in [-0.39, 0.29) is 0 Å². The zero-order valence-electron chi connectivity index (χ0n) is 10.4. The van der Waals surface area contributed by atoms with Gasteiger partial charge in [0.05, 0.1) is 6.10 Å². The fraction of sp³-hybridized carbons (Fsp3) is 0.200. The second-order valence-electron chi connectivity index (χ2n) is 4.24. The van der Waals surface area contributed by atoms with Crippen molar-refractivity contribution in [3.63, 3.8) is 0 Å². The summed E-state index contributed by atoms with van der Waals surface area (Å²) in [5.74, 6) is 0.657. The van der Waals surface area contributed by atoms with E-state index in [2.05, 4.69) is 15.9 Å². The van der Waals surface area contributed by atoms with Crippen LogP contribution in [0.5, 0.6) is 5.75 Å². The molecule has 1 atom stereocenters. The molecule has 0 radical (unpaired) electrons. The van der Waals surface area contributed by atoms with Gasteiger partial charge in [0.25, 0.3) is 0 Å². The summed E-state index contributed by atoms with van der Waals surface area (Å²) in [5.41, 5.74) is 1.68. The van der Waals surface area contributed by atoms with Gasteiger partial charge in [-0.1, -0.05) is 51.8 Å². The van der Waals surface area contributed by atoms with E-state index >= 15 is 0 Å². The summed E-state index contributed by atoms with van der Waals surface area (Å²) in [5, 5.41) is 10.4. The quantitative estimate of drug-likeness (QED) is 0.870. The molecule has 0 aliphatic heterocycles. The van der Waals surface area contributed by atoms with Gasteiger partial charge >= 0.3 is 0 Å². The van der Waals surface area contributed by atoms with Gasteiger partial charge in [-0.3, -0.25) is 0 Å². The molecule has 2 nitrogen and oxygen atoms in total. The van der Waals surface area contributed by atoms with E-state index in [4.69, 9.17) is 16.3 Å². The Hall–Kier alpha value is -1.03. The Morgan fingerprint density at radius 3 is 2.68 bits per heavy atom. The van der Waals surface area contributed by atoms with Crippen molar-refractivity contribution in [3.05, 3.63) is 63.1 Å². The first-order valence-electron chi connectivity index (χ1n) is 5.91. The normalized spacial score (nSPS) is 12.2. The minimum Gasteiger partial charge on any atom is -0.488 e. The Balaban J connectivity index is 2.19. The Labute approximate surface area is 126 Å². The maximum atomic E-state index is 9.73. The van der Waals surface area contributed by atoms with Crippen molar-refractivity contribution < 1.29 is 9.84 Å². The number of halogens is 2. The standard InChI is InChI=1S/C15H14BrClO2/c1-10(18)13-7-6-12(16)8-15(13)19-9-11-4-2-3-5-14(11)17/h2-8,10,18H,9H2,1H3/t10-/m1/s1. The van der Waals surface area contributed by atoms with Crippen LogP contribution >= 0.6 is 27.5 Å². The molecule has 0 saturated heterocycles. The summed E-state index contributed by atoms with van der Waals surface area (Å²) < 4.78 is 6.68. The van der Waals surface area contributed by atoms with Crippen LogP contribution in [0.3, 0.4) is 0 Å². The molecule has 0 bridgehead atoms. The smallest absolute Gasteiger partial charge is 0.126 e. The zero-order valence-corrected chi connectivity index (χ0v) is 12.8. The number of hydrogen-bond acceptors (Lipinski definition) is 2. The van der Waals surface area contributed by atoms with Gasteiger partial charge in [-0.05, 0) is 25.1 Å². The van der Waals surface area contributed by atoms with Crippen molar-refractivity contribution in [1.82, 2.24) is 0 Å². The Morgan fingerprint density at radius 1 is 1.26 bits per heavy atom. The third kappa shape index (κ3) is 3.72. The summed E-state index contributed by atoms with van der Waals surface area (Å²) >= 11 is 9.48. The van der Waals surface area contributed by atoms with Gasteiger partial charge in [0.1, 0.15) is 12.4 Å². The van der Waals surface area contributed by atoms with Gasteiger partial charge in [-0.15, -0.1) is 0 Å². The molecule has 19 heavy (non-hydrogen) atoms. The SMILES string of the molecule is C[C@@H](O)c1ccc(Br)cc1OCc1ccccc1Cl. The Morgan fingerprint density at radius 2 is 2.00 bits per heavy atom. The van der Waals surface area contributed by atoms with Gasteiger partial charge in [0.15, 0.2) is 0 Å². The van der Waals surface area contributed by atoms with Crippen LogP contribution in [-0.2, 0) is 6.61 Å². The molecule has 100 valence electrons. The molecule has 0 fully saturated rings. The largest absolute Gasteiger partial charge is 0.488 e. The van der Waals surface area contributed by atoms with Gasteiger partial charge in [-0.2, -0.15) is 0 Å². The first-order valence-corrected chi connectivity index (χ1v) is 7.08. The molecule has 0 heterocycles. The van der Waals surface area contributed by atoms with Crippen molar-refractivity contribution in [1.29, 1.82) is 0 Å². The zero-order chi connectivity index (χ0) is 13.8. The highest BCUT2D eigenvalue weighted by molar-refractivity contribution is 9.10. The van der Waals surface area contributed by atoms with Gasteiger partial charge in [-0.25, -0.2) is 0 Å². The monoisotopic (exact) mass is 340 g/mol. The number of aliphatic hydroxyl groups is 1. The molecule has 0 aromatic heterocycles.